The molecular formula is C15H23NO2. The number of hydrogen-bond acceptors (Lipinski definition) is 3. The zero-order valence-corrected chi connectivity index (χ0v) is 11.7. The maximum Gasteiger partial charge on any atom is 0.162 e. The van der Waals surface area contributed by atoms with E-state index in [0.29, 0.717) is 11.7 Å². The summed E-state index contributed by atoms with van der Waals surface area (Å²) in [6, 6.07) is 4.04. The molecule has 2 N–H and O–H groups in total. The Balaban J connectivity index is 2.54. The Morgan fingerprint density at radius 2 is 2.11 bits per heavy atom. The Morgan fingerprint density at radius 1 is 1.39 bits per heavy atom. The lowest BCUT2D eigenvalue weighted by Crippen LogP contribution is -2.33. The molecule has 0 spiro atoms. The highest BCUT2D eigenvalue weighted by atomic mass is 16.5. The van der Waals surface area contributed by atoms with Crippen molar-refractivity contribution in [2.45, 2.75) is 45.1 Å². The second-order valence-electron chi connectivity index (χ2n) is 5.64. The van der Waals surface area contributed by atoms with Crippen LogP contribution in [0.25, 0.3) is 0 Å². The van der Waals surface area contributed by atoms with Crippen molar-refractivity contribution in [2.24, 2.45) is 0 Å². The Kier molecular flexibility index (Phi) is 3.53. The molecule has 1 saturated heterocycles. The second-order valence-corrected chi connectivity index (χ2v) is 5.64. The van der Waals surface area contributed by atoms with Crippen molar-refractivity contribution in [1.82, 2.24) is 5.32 Å². The largest absolute Gasteiger partial charge is 0.504 e. The van der Waals surface area contributed by atoms with Crippen molar-refractivity contribution in [3.63, 3.8) is 0 Å². The SMILES string of the molecule is COc1cc(C(C)C)cc(C2(C)CCCN2)c1O. The van der Waals surface area contributed by atoms with Crippen molar-refractivity contribution in [3.05, 3.63) is 23.3 Å². The quantitative estimate of drug-likeness (QED) is 0.864. The molecule has 1 aliphatic heterocycles. The molecule has 0 radical (unpaired) electrons. The van der Waals surface area contributed by atoms with E-state index in [0.717, 1.165) is 24.9 Å². The molecule has 100 valence electrons. The number of rotatable bonds is 3. The standard InChI is InChI=1S/C15H23NO2/c1-10(2)11-8-12(14(17)13(9-11)18-4)15(3)6-5-7-16-15/h8-10,16-17H,5-7H2,1-4H3. The van der Waals surface area contributed by atoms with Crippen LogP contribution in [0.5, 0.6) is 11.5 Å². The molecule has 1 aliphatic rings. The van der Waals surface area contributed by atoms with Gasteiger partial charge in [0.25, 0.3) is 0 Å². The van der Waals surface area contributed by atoms with E-state index >= 15 is 0 Å². The first kappa shape index (κ1) is 13.2. The number of methoxy groups -OCH3 is 1. The van der Waals surface area contributed by atoms with E-state index in [2.05, 4.69) is 32.2 Å². The number of aromatic hydroxyl groups is 1. The summed E-state index contributed by atoms with van der Waals surface area (Å²) in [6.07, 6.45) is 2.19. The summed E-state index contributed by atoms with van der Waals surface area (Å²) in [7, 11) is 1.60. The zero-order chi connectivity index (χ0) is 13.3. The van der Waals surface area contributed by atoms with Crippen LogP contribution in [0.2, 0.25) is 0 Å². The van der Waals surface area contributed by atoms with Gasteiger partial charge in [0.1, 0.15) is 0 Å². The molecule has 3 heteroatoms. The van der Waals surface area contributed by atoms with E-state index in [9.17, 15) is 5.11 Å². The molecule has 1 aromatic rings. The van der Waals surface area contributed by atoms with Gasteiger partial charge in [-0.2, -0.15) is 0 Å². The lowest BCUT2D eigenvalue weighted by Gasteiger charge is -2.28. The fraction of sp³-hybridized carbons (Fsp3) is 0.600. The summed E-state index contributed by atoms with van der Waals surface area (Å²) < 4.78 is 5.30. The molecular weight excluding hydrogens is 226 g/mol. The first-order valence-electron chi connectivity index (χ1n) is 6.64. The normalized spacial score (nSPS) is 23.6. The Bertz CT molecular complexity index is 434. The Hall–Kier alpha value is -1.22. The van der Waals surface area contributed by atoms with Gasteiger partial charge >= 0.3 is 0 Å². The van der Waals surface area contributed by atoms with Crippen LogP contribution in [0, 0.1) is 0 Å². The molecule has 0 saturated carbocycles. The third-order valence-corrected chi connectivity index (χ3v) is 3.95. The van der Waals surface area contributed by atoms with Crippen molar-refractivity contribution in [2.75, 3.05) is 13.7 Å². The number of phenolic OH excluding ortho intramolecular Hbond substituents is 1. The maximum atomic E-state index is 10.4. The predicted octanol–water partition coefficient (Wildman–Crippen LogP) is 3.12. The summed E-state index contributed by atoms with van der Waals surface area (Å²) >= 11 is 0. The molecule has 1 atom stereocenters. The fourth-order valence-electron chi connectivity index (χ4n) is 2.66. The molecule has 18 heavy (non-hydrogen) atoms. The average molecular weight is 249 g/mol. The second kappa shape index (κ2) is 4.81. The van der Waals surface area contributed by atoms with Crippen LogP contribution in [0.3, 0.4) is 0 Å². The number of ether oxygens (including phenoxy) is 1. The molecule has 1 fully saturated rings. The first-order valence-corrected chi connectivity index (χ1v) is 6.64. The Morgan fingerprint density at radius 3 is 2.61 bits per heavy atom. The Labute approximate surface area is 109 Å². The third-order valence-electron chi connectivity index (χ3n) is 3.95. The highest BCUT2D eigenvalue weighted by Gasteiger charge is 2.34. The summed E-state index contributed by atoms with van der Waals surface area (Å²) in [5, 5.41) is 13.8. The van der Waals surface area contributed by atoms with E-state index in [1.54, 1.807) is 7.11 Å². The minimum atomic E-state index is -0.137. The number of hydrogen-bond donors (Lipinski definition) is 2. The van der Waals surface area contributed by atoms with Gasteiger partial charge in [-0.1, -0.05) is 13.8 Å². The smallest absolute Gasteiger partial charge is 0.162 e. The van der Waals surface area contributed by atoms with Gasteiger partial charge in [-0.15, -0.1) is 0 Å². The third kappa shape index (κ3) is 2.19. The van der Waals surface area contributed by atoms with Crippen molar-refractivity contribution in [1.29, 1.82) is 0 Å². The molecule has 1 aromatic carbocycles. The molecule has 0 aliphatic carbocycles. The summed E-state index contributed by atoms with van der Waals surface area (Å²) in [6.45, 7) is 7.46. The average Bonchev–Trinajstić information content (AvgIpc) is 2.77. The van der Waals surface area contributed by atoms with Crippen molar-refractivity contribution >= 4 is 0 Å². The topological polar surface area (TPSA) is 41.5 Å². The van der Waals surface area contributed by atoms with Crippen LogP contribution in [-0.2, 0) is 5.54 Å². The van der Waals surface area contributed by atoms with E-state index in [-0.39, 0.29) is 11.3 Å². The van der Waals surface area contributed by atoms with Crippen LogP contribution in [0.4, 0.5) is 0 Å². The molecule has 0 amide bonds. The molecule has 3 nitrogen and oxygen atoms in total. The number of nitrogens with one attached hydrogen (secondary N) is 1. The van der Waals surface area contributed by atoms with Gasteiger partial charge in [0, 0.05) is 11.1 Å². The van der Waals surface area contributed by atoms with Crippen molar-refractivity contribution < 1.29 is 9.84 Å². The molecule has 2 rings (SSSR count). The summed E-state index contributed by atoms with van der Waals surface area (Å²) in [5.74, 6) is 1.27. The van der Waals surface area contributed by atoms with Gasteiger partial charge in [-0.25, -0.2) is 0 Å². The van der Waals surface area contributed by atoms with Crippen LogP contribution >= 0.6 is 0 Å². The van der Waals surface area contributed by atoms with Gasteiger partial charge < -0.3 is 15.2 Å². The van der Waals surface area contributed by atoms with Gasteiger partial charge in [-0.05, 0) is 49.9 Å². The van der Waals surface area contributed by atoms with E-state index in [1.165, 1.54) is 5.56 Å². The minimum Gasteiger partial charge on any atom is -0.504 e. The summed E-state index contributed by atoms with van der Waals surface area (Å²) in [5.41, 5.74) is 2.03. The minimum absolute atomic E-state index is 0.137. The highest BCUT2D eigenvalue weighted by Crippen LogP contribution is 2.42. The van der Waals surface area contributed by atoms with E-state index in [4.69, 9.17) is 4.74 Å². The molecule has 1 heterocycles. The van der Waals surface area contributed by atoms with Crippen LogP contribution in [-0.4, -0.2) is 18.8 Å². The van der Waals surface area contributed by atoms with Crippen LogP contribution < -0.4 is 10.1 Å². The number of phenols is 1. The molecule has 0 bridgehead atoms. The lowest BCUT2D eigenvalue weighted by atomic mass is 9.86. The van der Waals surface area contributed by atoms with Gasteiger partial charge in [0.05, 0.1) is 7.11 Å². The van der Waals surface area contributed by atoms with Crippen molar-refractivity contribution in [3.8, 4) is 11.5 Å². The predicted molar refractivity (Wildman–Crippen MR) is 73.3 cm³/mol. The molecule has 0 aromatic heterocycles. The van der Waals surface area contributed by atoms with E-state index < -0.39 is 0 Å². The summed E-state index contributed by atoms with van der Waals surface area (Å²) in [4.78, 5) is 0. The zero-order valence-electron chi connectivity index (χ0n) is 11.7. The fourth-order valence-corrected chi connectivity index (χ4v) is 2.66. The first-order chi connectivity index (χ1) is 8.48. The highest BCUT2D eigenvalue weighted by molar-refractivity contribution is 5.52. The van der Waals surface area contributed by atoms with Gasteiger partial charge in [0.15, 0.2) is 11.5 Å². The number of benzene rings is 1. The maximum absolute atomic E-state index is 10.4. The van der Waals surface area contributed by atoms with Crippen LogP contribution in [0.15, 0.2) is 12.1 Å². The molecule has 1 unspecified atom stereocenters. The van der Waals surface area contributed by atoms with E-state index in [1.807, 2.05) is 6.07 Å². The monoisotopic (exact) mass is 249 g/mol. The lowest BCUT2D eigenvalue weighted by molar-refractivity contribution is 0.350. The van der Waals surface area contributed by atoms with Gasteiger partial charge in [-0.3, -0.25) is 0 Å². The van der Waals surface area contributed by atoms with Gasteiger partial charge in [0.2, 0.25) is 0 Å². The van der Waals surface area contributed by atoms with Crippen LogP contribution in [0.1, 0.15) is 50.7 Å².